The first-order valence-electron chi connectivity index (χ1n) is 12.9. The Hall–Kier alpha value is -1.05. The molecule has 0 unspecified atom stereocenters. The van der Waals surface area contributed by atoms with Gasteiger partial charge in [0.1, 0.15) is 12.4 Å². The minimum absolute atomic E-state index is 0.500. The number of halogens is 1. The van der Waals surface area contributed by atoms with Crippen molar-refractivity contribution in [3.63, 3.8) is 0 Å². The Bertz CT molecular complexity index is 555. The van der Waals surface area contributed by atoms with E-state index in [4.69, 9.17) is 59.0 Å². The van der Waals surface area contributed by atoms with Crippen LogP contribution in [-0.4, -0.2) is 131 Å². The Morgan fingerprint density at radius 3 is 0.919 bits per heavy atom. The smallest absolute Gasteiger partial charge is 0.119 e. The van der Waals surface area contributed by atoms with E-state index in [2.05, 4.69) is 0 Å². The molecule has 0 spiro atoms. The summed E-state index contributed by atoms with van der Waals surface area (Å²) in [7, 11) is 0. The van der Waals surface area contributed by atoms with Crippen LogP contribution in [0.25, 0.3) is 0 Å². The van der Waals surface area contributed by atoms with Gasteiger partial charge in [-0.05, 0) is 12.1 Å². The van der Waals surface area contributed by atoms with Crippen molar-refractivity contribution in [3.8, 4) is 5.75 Å². The highest BCUT2D eigenvalue weighted by Gasteiger charge is 1.96. The van der Waals surface area contributed by atoms with Gasteiger partial charge in [0, 0.05) is 5.88 Å². The van der Waals surface area contributed by atoms with E-state index in [0.29, 0.717) is 131 Å². The average molecular weight is 553 g/mol. The monoisotopic (exact) mass is 552 g/mol. The minimum atomic E-state index is 0.500. The molecule has 0 heterocycles. The van der Waals surface area contributed by atoms with E-state index in [0.717, 1.165) is 5.75 Å². The molecule has 37 heavy (non-hydrogen) atoms. The molecule has 0 fully saturated rings. The molecule has 11 heteroatoms. The summed E-state index contributed by atoms with van der Waals surface area (Å²) in [5.41, 5.74) is 0. The average Bonchev–Trinajstić information content (AvgIpc) is 2.93. The van der Waals surface area contributed by atoms with Crippen molar-refractivity contribution in [2.24, 2.45) is 0 Å². The van der Waals surface area contributed by atoms with Crippen LogP contribution in [0.4, 0.5) is 0 Å². The second-order valence-corrected chi connectivity index (χ2v) is 7.74. The molecule has 0 saturated carbocycles. The summed E-state index contributed by atoms with van der Waals surface area (Å²) < 4.78 is 54.2. The standard InChI is InChI=1S/C26H45ClO10/c27-6-7-28-8-9-29-10-11-30-12-13-31-14-15-32-16-17-33-18-19-34-20-21-35-22-23-36-24-25-37-26-4-2-1-3-5-26/h1-5H,6-25H2. The third kappa shape index (κ3) is 26.3. The zero-order valence-corrected chi connectivity index (χ0v) is 22.7. The molecule has 216 valence electrons. The number of rotatable bonds is 30. The Morgan fingerprint density at radius 2 is 0.622 bits per heavy atom. The fourth-order valence-corrected chi connectivity index (χ4v) is 2.76. The molecule has 1 rings (SSSR count). The van der Waals surface area contributed by atoms with E-state index in [1.807, 2.05) is 30.3 Å². The van der Waals surface area contributed by atoms with E-state index in [1.165, 1.54) is 0 Å². The SMILES string of the molecule is ClCCOCCOCCOCCOCCOCCOCCOCCOCCOCCOc1ccccc1. The number of alkyl halides is 1. The van der Waals surface area contributed by atoms with Crippen molar-refractivity contribution in [2.45, 2.75) is 0 Å². The van der Waals surface area contributed by atoms with Crippen LogP contribution in [0.5, 0.6) is 5.75 Å². The van der Waals surface area contributed by atoms with Crippen molar-refractivity contribution >= 4 is 11.6 Å². The van der Waals surface area contributed by atoms with Gasteiger partial charge in [0.15, 0.2) is 0 Å². The summed E-state index contributed by atoms with van der Waals surface area (Å²) in [6.45, 7) is 10.0. The van der Waals surface area contributed by atoms with Gasteiger partial charge in [-0.3, -0.25) is 0 Å². The molecule has 0 amide bonds. The second-order valence-electron chi connectivity index (χ2n) is 7.36. The number of ether oxygens (including phenoxy) is 10. The third-order valence-electron chi connectivity index (χ3n) is 4.44. The first-order chi connectivity index (χ1) is 18.4. The fraction of sp³-hybridized carbons (Fsp3) is 0.769. The van der Waals surface area contributed by atoms with Crippen LogP contribution in [-0.2, 0) is 42.6 Å². The van der Waals surface area contributed by atoms with Gasteiger partial charge in [-0.1, -0.05) is 18.2 Å². The Labute approximate surface area is 226 Å². The maximum absolute atomic E-state index is 5.54. The molecule has 0 aromatic heterocycles. The van der Waals surface area contributed by atoms with Crippen molar-refractivity contribution in [1.82, 2.24) is 0 Å². The quantitative estimate of drug-likeness (QED) is 0.105. The normalized spacial score (nSPS) is 11.3. The molecule has 0 radical (unpaired) electrons. The minimum Gasteiger partial charge on any atom is -0.491 e. The van der Waals surface area contributed by atoms with Crippen LogP contribution in [0.15, 0.2) is 30.3 Å². The summed E-state index contributed by atoms with van der Waals surface area (Å²) >= 11 is 5.50. The van der Waals surface area contributed by atoms with Gasteiger partial charge in [0.25, 0.3) is 0 Å². The molecule has 0 N–H and O–H groups in total. The summed E-state index contributed by atoms with van der Waals surface area (Å²) in [6.07, 6.45) is 0. The van der Waals surface area contributed by atoms with Crippen LogP contribution in [0.2, 0.25) is 0 Å². The van der Waals surface area contributed by atoms with E-state index < -0.39 is 0 Å². The summed E-state index contributed by atoms with van der Waals surface area (Å²) in [4.78, 5) is 0. The molecule has 1 aromatic rings. The summed E-state index contributed by atoms with van der Waals surface area (Å²) in [5.74, 6) is 1.35. The number of hydrogen-bond donors (Lipinski definition) is 0. The number of para-hydroxylation sites is 1. The Morgan fingerprint density at radius 1 is 0.351 bits per heavy atom. The Kier molecular flexibility index (Phi) is 27.1. The second kappa shape index (κ2) is 29.5. The highest BCUT2D eigenvalue weighted by Crippen LogP contribution is 2.07. The van der Waals surface area contributed by atoms with Crippen LogP contribution < -0.4 is 4.74 Å². The number of hydrogen-bond acceptors (Lipinski definition) is 10. The van der Waals surface area contributed by atoms with Gasteiger partial charge in [0.05, 0.1) is 119 Å². The molecular formula is C26H45ClO10. The van der Waals surface area contributed by atoms with Crippen molar-refractivity contribution in [1.29, 1.82) is 0 Å². The lowest BCUT2D eigenvalue weighted by Crippen LogP contribution is -2.15. The van der Waals surface area contributed by atoms with Gasteiger partial charge < -0.3 is 47.4 Å². The van der Waals surface area contributed by atoms with Gasteiger partial charge >= 0.3 is 0 Å². The molecule has 0 aliphatic rings. The van der Waals surface area contributed by atoms with Crippen molar-refractivity contribution < 1.29 is 47.4 Å². The van der Waals surface area contributed by atoms with Gasteiger partial charge in [-0.25, -0.2) is 0 Å². The highest BCUT2D eigenvalue weighted by molar-refractivity contribution is 6.17. The van der Waals surface area contributed by atoms with E-state index in [9.17, 15) is 0 Å². The fourth-order valence-electron chi connectivity index (χ4n) is 2.65. The van der Waals surface area contributed by atoms with Gasteiger partial charge in [-0.2, -0.15) is 0 Å². The maximum Gasteiger partial charge on any atom is 0.119 e. The molecule has 10 nitrogen and oxygen atoms in total. The summed E-state index contributed by atoms with van der Waals surface area (Å²) in [6, 6.07) is 9.67. The van der Waals surface area contributed by atoms with Gasteiger partial charge in [-0.15, -0.1) is 11.6 Å². The first-order valence-corrected chi connectivity index (χ1v) is 13.4. The zero-order chi connectivity index (χ0) is 26.3. The lowest BCUT2D eigenvalue weighted by molar-refractivity contribution is -0.0251. The largest absolute Gasteiger partial charge is 0.491 e. The predicted octanol–water partition coefficient (Wildman–Crippen LogP) is 2.45. The predicted molar refractivity (Wildman–Crippen MR) is 140 cm³/mol. The molecule has 0 aliphatic heterocycles. The maximum atomic E-state index is 5.54. The highest BCUT2D eigenvalue weighted by atomic mass is 35.5. The summed E-state index contributed by atoms with van der Waals surface area (Å²) in [5, 5.41) is 0. The van der Waals surface area contributed by atoms with E-state index >= 15 is 0 Å². The van der Waals surface area contributed by atoms with E-state index in [-0.39, 0.29) is 0 Å². The number of benzene rings is 1. The van der Waals surface area contributed by atoms with E-state index in [1.54, 1.807) is 0 Å². The zero-order valence-electron chi connectivity index (χ0n) is 22.0. The van der Waals surface area contributed by atoms with Crippen LogP contribution in [0.1, 0.15) is 0 Å². The van der Waals surface area contributed by atoms with Crippen LogP contribution in [0.3, 0.4) is 0 Å². The topological polar surface area (TPSA) is 92.3 Å². The molecule has 0 saturated heterocycles. The van der Waals surface area contributed by atoms with Crippen LogP contribution >= 0.6 is 11.6 Å². The molecule has 0 aliphatic carbocycles. The molecule has 0 bridgehead atoms. The first kappa shape index (κ1) is 34.0. The third-order valence-corrected chi connectivity index (χ3v) is 4.59. The van der Waals surface area contributed by atoms with Crippen molar-refractivity contribution in [3.05, 3.63) is 30.3 Å². The lowest BCUT2D eigenvalue weighted by Gasteiger charge is -2.09. The molecular weight excluding hydrogens is 508 g/mol. The Balaban J connectivity index is 1.62. The molecule has 1 aromatic carbocycles. The van der Waals surface area contributed by atoms with Crippen LogP contribution in [0, 0.1) is 0 Å². The molecule has 0 atom stereocenters. The van der Waals surface area contributed by atoms with Crippen molar-refractivity contribution in [2.75, 3.05) is 131 Å². The lowest BCUT2D eigenvalue weighted by atomic mass is 10.3. The van der Waals surface area contributed by atoms with Gasteiger partial charge in [0.2, 0.25) is 0 Å².